The van der Waals surface area contributed by atoms with Gasteiger partial charge in [0.1, 0.15) is 17.2 Å². The van der Waals surface area contributed by atoms with Gasteiger partial charge in [0.15, 0.2) is 11.5 Å². The second kappa shape index (κ2) is 13.6. The number of hydrogen-bond acceptors (Lipinski definition) is 8. The van der Waals surface area contributed by atoms with Crippen LogP contribution in [0.1, 0.15) is 17.5 Å². The predicted molar refractivity (Wildman–Crippen MR) is 121 cm³/mol. The molecule has 0 saturated heterocycles. The molecule has 0 radical (unpaired) electrons. The fraction of sp³-hybridized carbons (Fsp3) is 0.273. The monoisotopic (exact) mass is 466 g/mol. The normalized spacial score (nSPS) is 9.50. The maximum atomic E-state index is 10.5. The molecule has 2 rings (SSSR count). The highest BCUT2D eigenvalue weighted by Gasteiger charge is 2.09. The maximum absolute atomic E-state index is 10.5. The minimum absolute atomic E-state index is 0.0182. The van der Waals surface area contributed by atoms with Gasteiger partial charge in [-0.2, -0.15) is 8.42 Å². The summed E-state index contributed by atoms with van der Waals surface area (Å²) < 4.78 is 46.8. The largest absolute Gasteiger partial charge is 0.496 e. The number of ether oxygens (including phenoxy) is 5. The van der Waals surface area contributed by atoms with Crippen LogP contribution in [0.3, 0.4) is 0 Å². The van der Waals surface area contributed by atoms with Crippen LogP contribution in [0.15, 0.2) is 36.9 Å². The fourth-order valence-electron chi connectivity index (χ4n) is 2.47. The van der Waals surface area contributed by atoms with Gasteiger partial charge in [0, 0.05) is 12.1 Å². The van der Waals surface area contributed by atoms with Crippen molar-refractivity contribution in [2.24, 2.45) is 0 Å². The molecule has 0 aromatic heterocycles. The number of methoxy groups -OCH3 is 4. The third-order valence-electron chi connectivity index (χ3n) is 3.95. The van der Waals surface area contributed by atoms with E-state index < -0.39 is 16.3 Å². The molecule has 0 unspecified atom stereocenters. The smallest absolute Gasteiger partial charge is 0.306 e. The molecule has 2 aromatic rings. The van der Waals surface area contributed by atoms with Crippen molar-refractivity contribution < 1.29 is 42.0 Å². The van der Waals surface area contributed by atoms with Crippen molar-refractivity contribution in [3.05, 3.63) is 48.0 Å². The first-order chi connectivity index (χ1) is 15.3. The summed E-state index contributed by atoms with van der Waals surface area (Å²) in [5.74, 6) is 1.82. The molecule has 0 spiro atoms. The van der Waals surface area contributed by atoms with E-state index in [1.807, 2.05) is 0 Å². The molecular formula is C22H26O9S. The Hall–Kier alpha value is -3.66. The van der Waals surface area contributed by atoms with Gasteiger partial charge in [-0.1, -0.05) is 18.7 Å². The van der Waals surface area contributed by atoms with Gasteiger partial charge < -0.3 is 28.8 Å². The molecule has 0 bridgehead atoms. The van der Waals surface area contributed by atoms with E-state index >= 15 is 0 Å². The molecule has 0 heterocycles. The van der Waals surface area contributed by atoms with E-state index in [1.54, 1.807) is 51.7 Å². The lowest BCUT2D eigenvalue weighted by Crippen LogP contribution is -2.05. The van der Waals surface area contributed by atoms with Crippen molar-refractivity contribution in [3.8, 4) is 28.7 Å². The highest BCUT2D eigenvalue weighted by atomic mass is 32.2. The summed E-state index contributed by atoms with van der Waals surface area (Å²) in [5, 5.41) is 9.51. The number of carbonyl (C=O) groups is 1. The number of rotatable bonds is 10. The Morgan fingerprint density at radius 1 is 0.938 bits per heavy atom. The Morgan fingerprint density at radius 2 is 1.53 bits per heavy atom. The van der Waals surface area contributed by atoms with Crippen LogP contribution < -0.4 is 23.7 Å². The highest BCUT2D eigenvalue weighted by Crippen LogP contribution is 2.34. The lowest BCUT2D eigenvalue weighted by molar-refractivity contribution is -0.137. The molecule has 1 N–H and O–H groups in total. The summed E-state index contributed by atoms with van der Waals surface area (Å²) in [5.41, 5.74) is 1.25. The second-order valence-electron chi connectivity index (χ2n) is 5.93. The van der Waals surface area contributed by atoms with Gasteiger partial charge in [-0.3, -0.25) is 4.79 Å². The predicted octanol–water partition coefficient (Wildman–Crippen LogP) is 2.93. The van der Waals surface area contributed by atoms with E-state index in [0.717, 1.165) is 10.9 Å². The Labute approximate surface area is 188 Å². The summed E-state index contributed by atoms with van der Waals surface area (Å²) in [6, 6.07) is 8.16. The molecule has 9 nitrogen and oxygen atoms in total. The minimum atomic E-state index is -2.31. The molecular weight excluding hydrogens is 440 g/mol. The van der Waals surface area contributed by atoms with E-state index in [4.69, 9.17) is 28.8 Å². The van der Waals surface area contributed by atoms with Gasteiger partial charge in [-0.05, 0) is 17.7 Å². The molecule has 0 aliphatic carbocycles. The third kappa shape index (κ3) is 8.23. The molecule has 0 fully saturated rings. The van der Waals surface area contributed by atoms with Gasteiger partial charge in [0.2, 0.25) is 10.3 Å². The number of benzene rings is 2. The standard InChI is InChI=1S/C11H12O6S.C11H14O3/c1-16-9-3-2-8(7-18(14)15)6-10(9)17-5-4-11(12)13;1-5-9-10(13-3)6-8(12-2)7-11(9)14-4/h2-3,6-7H,4-5H2,1H3,(H,12,13);5-7H,1H2,2-4H3. The van der Waals surface area contributed by atoms with Gasteiger partial charge >= 0.3 is 5.97 Å². The Balaban J connectivity index is 0.000000330. The van der Waals surface area contributed by atoms with Crippen LogP contribution in [0.4, 0.5) is 0 Å². The number of hydrogen-bond donors (Lipinski definition) is 1. The van der Waals surface area contributed by atoms with Crippen LogP contribution in [0, 0.1) is 0 Å². The minimum Gasteiger partial charge on any atom is -0.496 e. The summed E-state index contributed by atoms with van der Waals surface area (Å²) in [6.45, 7) is 3.68. The number of aliphatic carboxylic acids is 1. The number of carboxylic acid groups (broad SMARTS) is 1. The van der Waals surface area contributed by atoms with Crippen molar-refractivity contribution in [3.63, 3.8) is 0 Å². The lowest BCUT2D eigenvalue weighted by atomic mass is 10.1. The Kier molecular flexibility index (Phi) is 11.2. The van der Waals surface area contributed by atoms with E-state index in [2.05, 4.69) is 6.58 Å². The third-order valence-corrected chi connectivity index (χ3v) is 4.42. The SMILES string of the molecule is C=Cc1c(OC)cc(OC)cc1OC.COc1ccc(C=S(=O)=O)cc1OCCC(=O)O. The molecule has 0 amide bonds. The highest BCUT2D eigenvalue weighted by molar-refractivity contribution is 7.71. The average molecular weight is 467 g/mol. The van der Waals surface area contributed by atoms with Crippen molar-refractivity contribution in [2.45, 2.75) is 6.42 Å². The van der Waals surface area contributed by atoms with Crippen molar-refractivity contribution >= 4 is 27.7 Å². The molecule has 0 aliphatic rings. The molecule has 0 aliphatic heterocycles. The van der Waals surface area contributed by atoms with E-state index in [-0.39, 0.29) is 13.0 Å². The van der Waals surface area contributed by atoms with Crippen molar-refractivity contribution in [2.75, 3.05) is 35.0 Å². The average Bonchev–Trinajstić information content (AvgIpc) is 2.78. The van der Waals surface area contributed by atoms with E-state index in [1.165, 1.54) is 13.2 Å². The summed E-state index contributed by atoms with van der Waals surface area (Å²) in [4.78, 5) is 10.4. The van der Waals surface area contributed by atoms with Gasteiger partial charge in [-0.25, -0.2) is 0 Å². The quantitative estimate of drug-likeness (QED) is 0.527. The van der Waals surface area contributed by atoms with Crippen LogP contribution in [-0.4, -0.2) is 59.9 Å². The maximum Gasteiger partial charge on any atom is 0.306 e. The fourth-order valence-corrected chi connectivity index (χ4v) is 2.84. The molecule has 10 heteroatoms. The second-order valence-corrected chi connectivity index (χ2v) is 6.69. The summed E-state index contributed by atoms with van der Waals surface area (Å²) in [7, 11) is 3.92. The first-order valence-corrected chi connectivity index (χ1v) is 10.3. The first-order valence-electron chi connectivity index (χ1n) is 9.17. The molecule has 174 valence electrons. The Morgan fingerprint density at radius 3 is 1.97 bits per heavy atom. The first kappa shape index (κ1) is 26.4. The Bertz CT molecular complexity index is 1030. The molecule has 2 aromatic carbocycles. The molecule has 0 atom stereocenters. The van der Waals surface area contributed by atoms with Crippen molar-refractivity contribution in [1.29, 1.82) is 0 Å². The number of carboxylic acids is 1. The molecule has 0 saturated carbocycles. The van der Waals surface area contributed by atoms with Crippen LogP contribution in [0.5, 0.6) is 28.7 Å². The van der Waals surface area contributed by atoms with E-state index in [9.17, 15) is 13.2 Å². The van der Waals surface area contributed by atoms with Crippen LogP contribution in [0.25, 0.3) is 6.08 Å². The van der Waals surface area contributed by atoms with Crippen LogP contribution >= 0.6 is 0 Å². The lowest BCUT2D eigenvalue weighted by Gasteiger charge is -2.11. The summed E-state index contributed by atoms with van der Waals surface area (Å²) >= 11 is 0. The van der Waals surface area contributed by atoms with Gasteiger partial charge in [-0.15, -0.1) is 0 Å². The van der Waals surface area contributed by atoms with Crippen molar-refractivity contribution in [1.82, 2.24) is 0 Å². The van der Waals surface area contributed by atoms with Gasteiger partial charge in [0.05, 0.1) is 52.4 Å². The van der Waals surface area contributed by atoms with Gasteiger partial charge in [0.25, 0.3) is 0 Å². The van der Waals surface area contributed by atoms with E-state index in [0.29, 0.717) is 34.3 Å². The topological polar surface area (TPSA) is 118 Å². The van der Waals surface area contributed by atoms with Crippen LogP contribution in [-0.2, 0) is 15.1 Å². The van der Waals surface area contributed by atoms with Crippen LogP contribution in [0.2, 0.25) is 0 Å². The molecule has 32 heavy (non-hydrogen) atoms. The zero-order chi connectivity index (χ0) is 24.1. The summed E-state index contributed by atoms with van der Waals surface area (Å²) in [6.07, 6.45) is 1.54. The zero-order valence-electron chi connectivity index (χ0n) is 18.3. The zero-order valence-corrected chi connectivity index (χ0v) is 19.1.